The fourth-order valence-corrected chi connectivity index (χ4v) is 6.68. The van der Waals surface area contributed by atoms with Gasteiger partial charge in [0.1, 0.15) is 0 Å². The number of likely N-dealkylation sites (tertiary alicyclic amines) is 1. The lowest BCUT2D eigenvalue weighted by molar-refractivity contribution is 0.114. The van der Waals surface area contributed by atoms with Gasteiger partial charge in [0.05, 0.1) is 17.9 Å². The van der Waals surface area contributed by atoms with Crippen molar-refractivity contribution in [3.8, 4) is 0 Å². The lowest BCUT2D eigenvalue weighted by Crippen LogP contribution is -2.64. The first-order valence-electron chi connectivity index (χ1n) is 11.8. The van der Waals surface area contributed by atoms with Crippen LogP contribution in [0.5, 0.6) is 0 Å². The molecule has 1 saturated heterocycles. The van der Waals surface area contributed by atoms with E-state index in [1.807, 2.05) is 0 Å². The van der Waals surface area contributed by atoms with E-state index in [4.69, 9.17) is 0 Å². The molecule has 5 rings (SSSR count). The maximum Gasteiger partial charge on any atom is 0.334 e. The minimum Gasteiger partial charge on any atom is -0.307 e. The number of benzene rings is 1. The van der Waals surface area contributed by atoms with E-state index in [0.717, 1.165) is 44.2 Å². The maximum atomic E-state index is 13.4. The quantitative estimate of drug-likeness (QED) is 0.672. The first-order valence-corrected chi connectivity index (χ1v) is 13.2. The van der Waals surface area contributed by atoms with E-state index in [1.54, 1.807) is 17.9 Å². The number of carbonyl (C=O) groups excluding carboxylic acids is 1. The third-order valence-corrected chi connectivity index (χ3v) is 8.56. The number of nitrogens with one attached hydrogen (secondary N) is 2. The third-order valence-electron chi connectivity index (χ3n) is 7.09. The number of urea groups is 1. The van der Waals surface area contributed by atoms with Gasteiger partial charge < -0.3 is 5.32 Å². The van der Waals surface area contributed by atoms with Crippen molar-refractivity contribution in [2.24, 2.45) is 7.05 Å². The Balaban J connectivity index is 1.38. The molecule has 178 valence electrons. The minimum atomic E-state index is -4.13. The standard InChI is InChI=1S/C23H32N6O3S/c1-15(2)28-13-19(14-28)29(18-11-24-27(3)12-18)33(31,32)26-23(30)25-22-20-8-4-6-16(20)10-17-7-5-9-21(17)22/h10-12,15,19H,4-9,13-14H2,1-3H3,(H2,25,26,30). The summed E-state index contributed by atoms with van der Waals surface area (Å²) < 4.78 is 32.0. The Morgan fingerprint density at radius 3 is 2.30 bits per heavy atom. The summed E-state index contributed by atoms with van der Waals surface area (Å²) >= 11 is 0. The topological polar surface area (TPSA) is 99.6 Å². The molecule has 2 aliphatic carbocycles. The van der Waals surface area contributed by atoms with Gasteiger partial charge in [-0.2, -0.15) is 13.5 Å². The number of nitrogens with zero attached hydrogens (tertiary/aromatic N) is 4. The molecule has 1 aromatic heterocycles. The zero-order chi connectivity index (χ0) is 23.3. The Labute approximate surface area is 195 Å². The zero-order valence-corrected chi connectivity index (χ0v) is 20.3. The molecule has 2 heterocycles. The molecule has 1 aliphatic heterocycles. The molecule has 2 amide bonds. The van der Waals surface area contributed by atoms with E-state index >= 15 is 0 Å². The SMILES string of the molecule is CC(C)N1CC(N(c2cnn(C)c2)S(=O)(=O)NC(=O)Nc2c3c(cc4c2CCC4)CCC3)C1. The smallest absolute Gasteiger partial charge is 0.307 e. The first-order chi connectivity index (χ1) is 15.7. The highest BCUT2D eigenvalue weighted by Gasteiger charge is 2.40. The number of aryl methyl sites for hydroxylation is 3. The molecule has 0 spiro atoms. The largest absolute Gasteiger partial charge is 0.334 e. The van der Waals surface area contributed by atoms with Gasteiger partial charge in [-0.15, -0.1) is 0 Å². The van der Waals surface area contributed by atoms with E-state index < -0.39 is 16.2 Å². The molecule has 33 heavy (non-hydrogen) atoms. The van der Waals surface area contributed by atoms with E-state index in [-0.39, 0.29) is 6.04 Å². The summed E-state index contributed by atoms with van der Waals surface area (Å²) in [4.78, 5) is 15.2. The Bertz CT molecular complexity index is 1150. The van der Waals surface area contributed by atoms with Crippen LogP contribution >= 0.6 is 0 Å². The van der Waals surface area contributed by atoms with E-state index in [2.05, 4.69) is 40.0 Å². The van der Waals surface area contributed by atoms with Crippen LogP contribution in [-0.2, 0) is 42.9 Å². The lowest BCUT2D eigenvalue weighted by Gasteiger charge is -2.46. The van der Waals surface area contributed by atoms with Crippen LogP contribution in [0.1, 0.15) is 48.9 Å². The Hall–Kier alpha value is -2.59. The number of hydrogen-bond acceptors (Lipinski definition) is 5. The second-order valence-electron chi connectivity index (χ2n) is 9.66. The lowest BCUT2D eigenvalue weighted by atomic mass is 9.99. The summed E-state index contributed by atoms with van der Waals surface area (Å²) in [5.74, 6) is 0. The Morgan fingerprint density at radius 2 is 1.76 bits per heavy atom. The molecule has 0 atom stereocenters. The average Bonchev–Trinajstić information content (AvgIpc) is 3.43. The number of hydrogen-bond donors (Lipinski definition) is 2. The van der Waals surface area contributed by atoms with E-state index in [1.165, 1.54) is 32.8 Å². The Kier molecular flexibility index (Phi) is 5.60. The van der Waals surface area contributed by atoms with Crippen LogP contribution in [0, 0.1) is 0 Å². The molecule has 0 saturated carbocycles. The number of carbonyl (C=O) groups is 1. The van der Waals surface area contributed by atoms with E-state index in [9.17, 15) is 13.2 Å². The summed E-state index contributed by atoms with van der Waals surface area (Å²) in [5.41, 5.74) is 6.18. The number of aromatic nitrogens is 2. The second kappa shape index (κ2) is 8.32. The van der Waals surface area contributed by atoms with Gasteiger partial charge in [0.2, 0.25) is 0 Å². The van der Waals surface area contributed by atoms with Crippen molar-refractivity contribution < 1.29 is 13.2 Å². The number of amides is 2. The molecule has 1 aromatic carbocycles. The fourth-order valence-electron chi connectivity index (χ4n) is 5.40. The van der Waals surface area contributed by atoms with Gasteiger partial charge in [0.15, 0.2) is 0 Å². The van der Waals surface area contributed by atoms with Crippen LogP contribution < -0.4 is 14.3 Å². The van der Waals surface area contributed by atoms with Crippen molar-refractivity contribution >= 4 is 27.6 Å². The van der Waals surface area contributed by atoms with Gasteiger partial charge in [-0.05, 0) is 74.6 Å². The van der Waals surface area contributed by atoms with Crippen LogP contribution in [0.2, 0.25) is 0 Å². The normalized spacial score (nSPS) is 18.2. The molecule has 10 heteroatoms. The molecule has 9 nitrogen and oxygen atoms in total. The van der Waals surface area contributed by atoms with Gasteiger partial charge in [-0.25, -0.2) is 13.8 Å². The van der Waals surface area contributed by atoms with Gasteiger partial charge in [-0.3, -0.25) is 9.58 Å². The fraction of sp³-hybridized carbons (Fsp3) is 0.565. The van der Waals surface area contributed by atoms with Crippen LogP contribution in [0.25, 0.3) is 0 Å². The van der Waals surface area contributed by atoms with Crippen LogP contribution in [0.4, 0.5) is 16.2 Å². The van der Waals surface area contributed by atoms with Crippen molar-refractivity contribution in [3.05, 3.63) is 40.7 Å². The average molecular weight is 473 g/mol. The predicted molar refractivity (Wildman–Crippen MR) is 128 cm³/mol. The second-order valence-corrected chi connectivity index (χ2v) is 11.2. The highest BCUT2D eigenvalue weighted by atomic mass is 32.2. The van der Waals surface area contributed by atoms with Crippen molar-refractivity contribution in [3.63, 3.8) is 0 Å². The van der Waals surface area contributed by atoms with Crippen LogP contribution in [-0.4, -0.2) is 54.3 Å². The summed E-state index contributed by atoms with van der Waals surface area (Å²) in [6.07, 6.45) is 9.17. The monoisotopic (exact) mass is 472 g/mol. The van der Waals surface area contributed by atoms with Crippen LogP contribution in [0.15, 0.2) is 18.5 Å². The Morgan fingerprint density at radius 1 is 1.12 bits per heavy atom. The van der Waals surface area contributed by atoms with Crippen molar-refractivity contribution in [1.82, 2.24) is 19.4 Å². The van der Waals surface area contributed by atoms with Gasteiger partial charge in [0, 0.05) is 38.1 Å². The number of rotatable bonds is 6. The molecule has 2 aromatic rings. The molecule has 0 unspecified atom stereocenters. The van der Waals surface area contributed by atoms with Crippen molar-refractivity contribution in [2.45, 2.75) is 64.5 Å². The zero-order valence-electron chi connectivity index (χ0n) is 19.5. The number of fused-ring (bicyclic) bond motifs is 2. The molecular weight excluding hydrogens is 440 g/mol. The predicted octanol–water partition coefficient (Wildman–Crippen LogP) is 2.36. The minimum absolute atomic E-state index is 0.257. The van der Waals surface area contributed by atoms with Crippen LogP contribution in [0.3, 0.4) is 0 Å². The molecule has 0 bridgehead atoms. The first kappa shape index (κ1) is 22.2. The number of anilines is 2. The van der Waals surface area contributed by atoms with E-state index in [0.29, 0.717) is 24.8 Å². The summed E-state index contributed by atoms with van der Waals surface area (Å²) in [6, 6.07) is 1.65. The third kappa shape index (κ3) is 4.10. The van der Waals surface area contributed by atoms with Gasteiger partial charge >= 0.3 is 16.2 Å². The maximum absolute atomic E-state index is 13.4. The molecule has 2 N–H and O–H groups in total. The highest BCUT2D eigenvalue weighted by Crippen LogP contribution is 2.38. The molecular formula is C23H32N6O3S. The summed E-state index contributed by atoms with van der Waals surface area (Å²) in [6.45, 7) is 5.38. The molecule has 1 fully saturated rings. The van der Waals surface area contributed by atoms with Crippen molar-refractivity contribution in [1.29, 1.82) is 0 Å². The van der Waals surface area contributed by atoms with Gasteiger partial charge in [-0.1, -0.05) is 6.07 Å². The van der Waals surface area contributed by atoms with Crippen molar-refractivity contribution in [2.75, 3.05) is 22.7 Å². The summed E-state index contributed by atoms with van der Waals surface area (Å²) in [5, 5.41) is 7.07. The molecule has 3 aliphatic rings. The highest BCUT2D eigenvalue weighted by molar-refractivity contribution is 7.91. The summed E-state index contributed by atoms with van der Waals surface area (Å²) in [7, 11) is -2.39. The van der Waals surface area contributed by atoms with Gasteiger partial charge in [0.25, 0.3) is 0 Å². The molecule has 0 radical (unpaired) electrons.